The Morgan fingerprint density at radius 3 is 1.20 bits per heavy atom. The van der Waals surface area contributed by atoms with Crippen molar-refractivity contribution < 1.29 is 94.4 Å². The Labute approximate surface area is 257 Å². The molecule has 0 amide bonds. The van der Waals surface area contributed by atoms with E-state index in [9.17, 15) is 61.3 Å². The van der Waals surface area contributed by atoms with Crippen LogP contribution in [0.4, 0.5) is 0 Å². The Morgan fingerprint density at radius 2 is 0.778 bits per heavy atom. The molecule has 0 saturated carbocycles. The lowest BCUT2D eigenvalue weighted by atomic mass is 9.91. The molecular formula is C26H46O19. The van der Waals surface area contributed by atoms with E-state index in [1.165, 1.54) is 6.92 Å². The van der Waals surface area contributed by atoms with Crippen LogP contribution in [-0.4, -0.2) is 198 Å². The zero-order chi connectivity index (χ0) is 33.3. The lowest BCUT2D eigenvalue weighted by Crippen LogP contribution is -2.67. The van der Waals surface area contributed by atoms with E-state index in [0.29, 0.717) is 0 Å². The van der Waals surface area contributed by atoms with Crippen molar-refractivity contribution in [2.45, 2.75) is 137 Å². The van der Waals surface area contributed by atoms with Gasteiger partial charge in [-0.15, -0.1) is 0 Å². The molecule has 19 heteroatoms. The van der Waals surface area contributed by atoms with Crippen LogP contribution in [0.5, 0.6) is 0 Å². The van der Waals surface area contributed by atoms with Gasteiger partial charge < -0.3 is 94.4 Å². The van der Waals surface area contributed by atoms with Gasteiger partial charge in [0, 0.05) is 5.92 Å². The molecule has 4 heterocycles. The third kappa shape index (κ3) is 7.47. The maximum Gasteiger partial charge on any atom is 0.189 e. The van der Waals surface area contributed by atoms with Crippen molar-refractivity contribution >= 4 is 0 Å². The number of aliphatic hydroxyl groups excluding tert-OH is 12. The molecule has 19 nitrogen and oxygen atoms in total. The molecule has 0 aromatic heterocycles. The first-order valence-corrected chi connectivity index (χ1v) is 14.8. The molecule has 0 radical (unpaired) electrons. The maximum absolute atomic E-state index is 10.9. The summed E-state index contributed by atoms with van der Waals surface area (Å²) < 4.78 is 38.8. The topological polar surface area (TPSA) is 307 Å². The molecule has 20 atom stereocenters. The molecule has 4 rings (SSSR count). The summed E-state index contributed by atoms with van der Waals surface area (Å²) in [5, 5.41) is 124. The molecule has 0 aromatic rings. The van der Waals surface area contributed by atoms with E-state index in [4.69, 9.17) is 33.2 Å². The minimum atomic E-state index is -1.95. The maximum atomic E-state index is 10.9. The van der Waals surface area contributed by atoms with Gasteiger partial charge in [0.05, 0.1) is 38.1 Å². The monoisotopic (exact) mass is 662 g/mol. The molecule has 12 N–H and O–H groups in total. The van der Waals surface area contributed by atoms with Gasteiger partial charge in [-0.1, -0.05) is 13.8 Å². The molecule has 20 unspecified atom stereocenters. The number of hydrogen-bond acceptors (Lipinski definition) is 19. The van der Waals surface area contributed by atoms with Crippen LogP contribution in [0.15, 0.2) is 0 Å². The second-order valence-corrected chi connectivity index (χ2v) is 11.7. The van der Waals surface area contributed by atoms with Crippen LogP contribution >= 0.6 is 0 Å². The van der Waals surface area contributed by atoms with Crippen molar-refractivity contribution in [1.82, 2.24) is 0 Å². The van der Waals surface area contributed by atoms with Crippen molar-refractivity contribution in [1.29, 1.82) is 0 Å². The third-order valence-corrected chi connectivity index (χ3v) is 8.81. The lowest BCUT2D eigenvalue weighted by Gasteiger charge is -2.48. The average molecular weight is 663 g/mol. The molecule has 0 aromatic carbocycles. The molecule has 4 fully saturated rings. The molecule has 0 bridgehead atoms. The number of aliphatic hydroxyl groups is 12. The zero-order valence-corrected chi connectivity index (χ0v) is 24.6. The number of rotatable bonds is 10. The Kier molecular flexibility index (Phi) is 12.9. The van der Waals surface area contributed by atoms with Gasteiger partial charge in [0.25, 0.3) is 0 Å². The highest BCUT2D eigenvalue weighted by molar-refractivity contribution is 4.97. The van der Waals surface area contributed by atoms with Gasteiger partial charge in [-0.25, -0.2) is 0 Å². The zero-order valence-electron chi connectivity index (χ0n) is 24.6. The first-order chi connectivity index (χ1) is 21.3. The van der Waals surface area contributed by atoms with Gasteiger partial charge in [0.1, 0.15) is 73.2 Å². The van der Waals surface area contributed by atoms with Gasteiger partial charge in [-0.2, -0.15) is 0 Å². The Hall–Kier alpha value is -0.760. The van der Waals surface area contributed by atoms with Crippen molar-refractivity contribution in [2.75, 3.05) is 19.8 Å². The number of ether oxygens (including phenoxy) is 7. The highest BCUT2D eigenvalue weighted by Gasteiger charge is 2.54. The van der Waals surface area contributed by atoms with Crippen LogP contribution in [0, 0.1) is 5.92 Å². The van der Waals surface area contributed by atoms with Crippen molar-refractivity contribution in [3.05, 3.63) is 0 Å². The van der Waals surface area contributed by atoms with E-state index in [2.05, 4.69) is 0 Å². The van der Waals surface area contributed by atoms with Gasteiger partial charge >= 0.3 is 0 Å². The summed E-state index contributed by atoms with van der Waals surface area (Å²) in [4.78, 5) is 0. The van der Waals surface area contributed by atoms with Gasteiger partial charge in [-0.3, -0.25) is 0 Å². The van der Waals surface area contributed by atoms with E-state index in [1.807, 2.05) is 0 Å². The lowest BCUT2D eigenvalue weighted by molar-refractivity contribution is -0.396. The summed E-state index contributed by atoms with van der Waals surface area (Å²) in [6, 6.07) is 0. The van der Waals surface area contributed by atoms with Crippen LogP contribution in [0.2, 0.25) is 0 Å². The van der Waals surface area contributed by atoms with E-state index >= 15 is 0 Å². The Bertz CT molecular complexity index is 909. The normalized spacial score (nSPS) is 52.9. The summed E-state index contributed by atoms with van der Waals surface area (Å²) in [6.45, 7) is 0.989. The highest BCUT2D eigenvalue weighted by atomic mass is 16.8. The predicted octanol–water partition coefficient (Wildman–Crippen LogP) is -7.06. The smallest absolute Gasteiger partial charge is 0.189 e. The summed E-state index contributed by atoms with van der Waals surface area (Å²) >= 11 is 0. The second-order valence-electron chi connectivity index (χ2n) is 11.7. The van der Waals surface area contributed by atoms with Gasteiger partial charge in [-0.05, 0) is 6.42 Å². The summed E-state index contributed by atoms with van der Waals surface area (Å²) in [5.41, 5.74) is 0. The molecule has 0 spiro atoms. The minimum Gasteiger partial charge on any atom is -0.394 e. The van der Waals surface area contributed by atoms with Crippen LogP contribution in [0.25, 0.3) is 0 Å². The standard InChI is InChI=1S/C26H46O19/c1-3-8-13(31)14(32)18(36)25(39-8)45-26-20(38)16(34)22(11(6-29)42-26)44-24-19(37)15(33)21(10(5-28)41-24)43-23-17(35)12(30)7(2)9(4-27)40-23/h7-38H,3-6H2,1-2H3. The SMILES string of the molecule is CCC1OC(OC2OC(CO)C(OC3OC(CO)C(OC4OC(CO)C(C)C(O)C4O)C(O)C3O)C(O)C2O)C(O)C(O)C1O. The molecule has 4 aliphatic rings. The largest absolute Gasteiger partial charge is 0.394 e. The second kappa shape index (κ2) is 15.6. The third-order valence-electron chi connectivity index (χ3n) is 8.81. The molecule has 264 valence electrons. The first-order valence-electron chi connectivity index (χ1n) is 14.8. The fourth-order valence-electron chi connectivity index (χ4n) is 5.87. The Balaban J connectivity index is 1.42. The van der Waals surface area contributed by atoms with Crippen LogP contribution in [0.1, 0.15) is 20.3 Å². The van der Waals surface area contributed by atoms with Gasteiger partial charge in [0.15, 0.2) is 25.2 Å². The van der Waals surface area contributed by atoms with Crippen molar-refractivity contribution in [3.8, 4) is 0 Å². The quantitative estimate of drug-likeness (QED) is 0.103. The summed E-state index contributed by atoms with van der Waals surface area (Å²) in [6.07, 6.45) is -30.0. The van der Waals surface area contributed by atoms with Crippen LogP contribution in [0.3, 0.4) is 0 Å². The molecule has 45 heavy (non-hydrogen) atoms. The Morgan fingerprint density at radius 1 is 0.422 bits per heavy atom. The van der Waals surface area contributed by atoms with Crippen LogP contribution < -0.4 is 0 Å². The predicted molar refractivity (Wildman–Crippen MR) is 140 cm³/mol. The fraction of sp³-hybridized carbons (Fsp3) is 1.00. The van der Waals surface area contributed by atoms with Crippen LogP contribution in [-0.2, 0) is 33.2 Å². The first kappa shape index (κ1) is 37.1. The molecule has 4 saturated heterocycles. The minimum absolute atomic E-state index is 0.228. The van der Waals surface area contributed by atoms with Gasteiger partial charge in [0.2, 0.25) is 0 Å². The summed E-state index contributed by atoms with van der Waals surface area (Å²) in [5.74, 6) is -0.675. The number of hydrogen-bond donors (Lipinski definition) is 12. The molecular weight excluding hydrogens is 616 g/mol. The highest BCUT2D eigenvalue weighted by Crippen LogP contribution is 2.34. The molecule has 4 aliphatic heterocycles. The molecule has 0 aliphatic carbocycles. The fourth-order valence-corrected chi connectivity index (χ4v) is 5.87. The van der Waals surface area contributed by atoms with Crippen molar-refractivity contribution in [3.63, 3.8) is 0 Å². The van der Waals surface area contributed by atoms with E-state index in [1.54, 1.807) is 6.92 Å². The van der Waals surface area contributed by atoms with Crippen molar-refractivity contribution in [2.24, 2.45) is 5.92 Å². The average Bonchev–Trinajstić information content (AvgIpc) is 3.03. The summed E-state index contributed by atoms with van der Waals surface area (Å²) in [7, 11) is 0. The van der Waals surface area contributed by atoms with E-state index in [-0.39, 0.29) is 6.42 Å². The van der Waals surface area contributed by atoms with E-state index in [0.717, 1.165) is 0 Å². The van der Waals surface area contributed by atoms with E-state index < -0.39 is 142 Å².